The molecule has 5 nitrogen and oxygen atoms in total. The first-order valence-corrected chi connectivity index (χ1v) is 6.52. The average molecular weight is 286 g/mol. The van der Waals surface area contributed by atoms with Crippen LogP contribution in [0.1, 0.15) is 25.0 Å². The molecule has 0 saturated carbocycles. The van der Waals surface area contributed by atoms with E-state index in [1.807, 2.05) is 13.0 Å². The second-order valence-corrected chi connectivity index (χ2v) is 5.40. The first-order valence-electron chi connectivity index (χ1n) is 6.52. The highest BCUT2D eigenvalue weighted by atomic mass is 16.4. The second kappa shape index (κ2) is 5.18. The second-order valence-electron chi connectivity index (χ2n) is 5.40. The minimum Gasteiger partial charge on any atom is -0.423 e. The van der Waals surface area contributed by atoms with Gasteiger partial charge in [0, 0.05) is 17.0 Å². The van der Waals surface area contributed by atoms with Crippen LogP contribution >= 0.6 is 0 Å². The molecule has 0 saturated heterocycles. The summed E-state index contributed by atoms with van der Waals surface area (Å²) in [5, 5.41) is 3.52. The summed E-state index contributed by atoms with van der Waals surface area (Å²) < 4.78 is 5.19. The van der Waals surface area contributed by atoms with Crippen molar-refractivity contribution < 1.29 is 9.21 Å². The van der Waals surface area contributed by atoms with E-state index in [1.54, 1.807) is 26.0 Å². The zero-order chi connectivity index (χ0) is 15.8. The van der Waals surface area contributed by atoms with Crippen molar-refractivity contribution in [2.75, 3.05) is 0 Å². The Morgan fingerprint density at radius 1 is 1.38 bits per heavy atom. The molecule has 0 radical (unpaired) electrons. The van der Waals surface area contributed by atoms with E-state index in [-0.39, 0.29) is 5.91 Å². The molecule has 0 aliphatic rings. The van der Waals surface area contributed by atoms with Crippen LogP contribution in [0.15, 0.2) is 45.6 Å². The van der Waals surface area contributed by atoms with Gasteiger partial charge in [-0.15, -0.1) is 0 Å². The Kier molecular flexibility index (Phi) is 3.70. The molecule has 1 aromatic heterocycles. The molecule has 1 unspecified atom stereocenters. The van der Waals surface area contributed by atoms with Gasteiger partial charge in [0.1, 0.15) is 11.2 Å². The lowest BCUT2D eigenvalue weighted by Crippen LogP contribution is -2.50. The molecule has 0 aliphatic heterocycles. The van der Waals surface area contributed by atoms with E-state index >= 15 is 0 Å². The zero-order valence-corrected chi connectivity index (χ0v) is 12.3. The summed E-state index contributed by atoms with van der Waals surface area (Å²) in [7, 11) is 0. The number of nitrogens with one attached hydrogen (secondary N) is 1. The molecule has 1 heterocycles. The quantitative estimate of drug-likeness (QED) is 0.513. The zero-order valence-electron chi connectivity index (χ0n) is 12.3. The Hall–Kier alpha value is -2.40. The molecule has 21 heavy (non-hydrogen) atoms. The van der Waals surface area contributed by atoms with Gasteiger partial charge in [0.2, 0.25) is 5.91 Å². The van der Waals surface area contributed by atoms with Crippen molar-refractivity contribution in [1.82, 2.24) is 5.32 Å². The molecule has 1 atom stereocenters. The summed E-state index contributed by atoms with van der Waals surface area (Å²) in [6.45, 7) is 8.69. The number of rotatable bonds is 3. The third-order valence-corrected chi connectivity index (χ3v) is 3.31. The normalized spacial score (nSPS) is 13.7. The smallest absolute Gasteiger partial charge is 0.336 e. The number of carbonyl (C=O) groups excluding carboxylic acids is 1. The van der Waals surface area contributed by atoms with Crippen molar-refractivity contribution in [1.29, 1.82) is 0 Å². The van der Waals surface area contributed by atoms with Crippen LogP contribution in [0.4, 0.5) is 0 Å². The predicted molar refractivity (Wildman–Crippen MR) is 81.7 cm³/mol. The van der Waals surface area contributed by atoms with Crippen molar-refractivity contribution >= 4 is 16.9 Å². The van der Waals surface area contributed by atoms with Gasteiger partial charge >= 0.3 is 5.63 Å². The highest BCUT2D eigenvalue weighted by Crippen LogP contribution is 2.23. The molecule has 0 spiro atoms. The van der Waals surface area contributed by atoms with Gasteiger partial charge < -0.3 is 15.5 Å². The van der Waals surface area contributed by atoms with E-state index in [1.165, 1.54) is 6.07 Å². The lowest BCUT2D eigenvalue weighted by atomic mass is 9.99. The van der Waals surface area contributed by atoms with Crippen molar-refractivity contribution in [3.63, 3.8) is 0 Å². The molecular weight excluding hydrogens is 268 g/mol. The van der Waals surface area contributed by atoms with Gasteiger partial charge in [0.25, 0.3) is 0 Å². The number of aryl methyl sites for hydroxylation is 1. The SMILES string of the molecule is C=C(C)C(=O)NC(C)(N)c1ccc2c(C)cc(=O)oc2c1. The summed E-state index contributed by atoms with van der Waals surface area (Å²) in [4.78, 5) is 23.2. The van der Waals surface area contributed by atoms with Gasteiger partial charge in [-0.25, -0.2) is 4.79 Å². The molecule has 0 fully saturated rings. The van der Waals surface area contributed by atoms with Crippen molar-refractivity contribution in [2.45, 2.75) is 26.4 Å². The van der Waals surface area contributed by atoms with Gasteiger partial charge in [-0.05, 0) is 38.0 Å². The topological polar surface area (TPSA) is 85.3 Å². The number of hydrogen-bond donors (Lipinski definition) is 2. The van der Waals surface area contributed by atoms with E-state index in [9.17, 15) is 9.59 Å². The molecule has 3 N–H and O–H groups in total. The van der Waals surface area contributed by atoms with Crippen LogP contribution in [-0.2, 0) is 10.5 Å². The number of hydrogen-bond acceptors (Lipinski definition) is 4. The van der Waals surface area contributed by atoms with Gasteiger partial charge in [-0.3, -0.25) is 4.79 Å². The fraction of sp³-hybridized carbons (Fsp3) is 0.250. The maximum atomic E-state index is 11.7. The lowest BCUT2D eigenvalue weighted by molar-refractivity contribution is -0.119. The summed E-state index contributed by atoms with van der Waals surface area (Å²) in [5.41, 5.74) is 6.93. The predicted octanol–water partition coefficient (Wildman–Crippen LogP) is 1.93. The Balaban J connectivity index is 2.49. The lowest BCUT2D eigenvalue weighted by Gasteiger charge is -2.27. The highest BCUT2D eigenvalue weighted by Gasteiger charge is 2.24. The van der Waals surface area contributed by atoms with Crippen LogP contribution in [0.5, 0.6) is 0 Å². The van der Waals surface area contributed by atoms with E-state index in [2.05, 4.69) is 11.9 Å². The third-order valence-electron chi connectivity index (χ3n) is 3.31. The van der Waals surface area contributed by atoms with Crippen LogP contribution in [0, 0.1) is 6.92 Å². The molecule has 5 heteroatoms. The Labute approximate surface area is 122 Å². The summed E-state index contributed by atoms with van der Waals surface area (Å²) in [6, 6.07) is 6.73. The highest BCUT2D eigenvalue weighted by molar-refractivity contribution is 5.92. The average Bonchev–Trinajstić information content (AvgIpc) is 2.37. The van der Waals surface area contributed by atoms with Crippen LogP contribution < -0.4 is 16.7 Å². The van der Waals surface area contributed by atoms with Crippen molar-refractivity contribution in [2.24, 2.45) is 5.73 Å². The standard InChI is InChI=1S/C16H18N2O3/c1-9(2)15(20)18-16(4,17)11-5-6-12-10(3)7-14(19)21-13(12)8-11/h5-8H,1,17H2,2-4H3,(H,18,20). The maximum absolute atomic E-state index is 11.7. The fourth-order valence-electron chi connectivity index (χ4n) is 2.06. The third kappa shape index (κ3) is 3.03. The van der Waals surface area contributed by atoms with Gasteiger partial charge in [-0.1, -0.05) is 18.7 Å². The number of benzene rings is 1. The largest absolute Gasteiger partial charge is 0.423 e. The Morgan fingerprint density at radius 2 is 2.05 bits per heavy atom. The number of fused-ring (bicyclic) bond motifs is 1. The van der Waals surface area contributed by atoms with Crippen molar-refractivity contribution in [3.05, 3.63) is 58.0 Å². The summed E-state index contributed by atoms with van der Waals surface area (Å²) in [5.74, 6) is -0.328. The van der Waals surface area contributed by atoms with Gasteiger partial charge in [-0.2, -0.15) is 0 Å². The number of amides is 1. The summed E-state index contributed by atoms with van der Waals surface area (Å²) >= 11 is 0. The van der Waals surface area contributed by atoms with Crippen LogP contribution in [-0.4, -0.2) is 5.91 Å². The molecule has 1 aromatic carbocycles. The molecular formula is C16H18N2O3. The maximum Gasteiger partial charge on any atom is 0.336 e. The Bertz CT molecular complexity index is 788. The number of carbonyl (C=O) groups is 1. The minimum atomic E-state index is -1.09. The molecule has 2 rings (SSSR count). The molecule has 2 aromatic rings. The van der Waals surface area contributed by atoms with E-state index in [4.69, 9.17) is 10.2 Å². The van der Waals surface area contributed by atoms with Crippen molar-refractivity contribution in [3.8, 4) is 0 Å². The first-order chi connectivity index (χ1) is 9.70. The number of nitrogens with two attached hydrogens (primary N) is 1. The molecule has 0 aliphatic carbocycles. The monoisotopic (exact) mass is 286 g/mol. The van der Waals surface area contributed by atoms with E-state index < -0.39 is 11.3 Å². The Morgan fingerprint density at radius 3 is 2.67 bits per heavy atom. The van der Waals surface area contributed by atoms with Crippen LogP contribution in [0.3, 0.4) is 0 Å². The molecule has 1 amide bonds. The van der Waals surface area contributed by atoms with E-state index in [0.717, 1.165) is 10.9 Å². The van der Waals surface area contributed by atoms with Gasteiger partial charge in [0.05, 0.1) is 0 Å². The van der Waals surface area contributed by atoms with Crippen LogP contribution in [0.2, 0.25) is 0 Å². The van der Waals surface area contributed by atoms with Crippen LogP contribution in [0.25, 0.3) is 11.0 Å². The van der Waals surface area contributed by atoms with Gasteiger partial charge in [0.15, 0.2) is 0 Å². The first kappa shape index (κ1) is 15.0. The molecule has 110 valence electrons. The fourth-order valence-corrected chi connectivity index (χ4v) is 2.06. The van der Waals surface area contributed by atoms with E-state index in [0.29, 0.717) is 16.7 Å². The minimum absolute atomic E-state index is 0.328. The molecule has 0 bridgehead atoms. The summed E-state index contributed by atoms with van der Waals surface area (Å²) in [6.07, 6.45) is 0.